The number of nitrogens with zero attached hydrogens (tertiary/aromatic N) is 2. The molecule has 0 bridgehead atoms. The molecule has 1 aromatic carbocycles. The third-order valence-electron chi connectivity index (χ3n) is 1.11. The van der Waals surface area contributed by atoms with Crippen LogP contribution in [0, 0.1) is 4.91 Å². The van der Waals surface area contributed by atoms with Gasteiger partial charge in [-0.3, -0.25) is 0 Å². The molecule has 4 nitrogen and oxygen atoms in total. The van der Waals surface area contributed by atoms with Crippen molar-refractivity contribution < 1.29 is 4.79 Å². The van der Waals surface area contributed by atoms with Crippen molar-refractivity contribution in [3.05, 3.63) is 29.2 Å². The third-order valence-corrected chi connectivity index (χ3v) is 1.11. The van der Waals surface area contributed by atoms with Crippen molar-refractivity contribution in [3.8, 4) is 0 Å². The van der Waals surface area contributed by atoms with E-state index in [-0.39, 0.29) is 5.69 Å². The summed E-state index contributed by atoms with van der Waals surface area (Å²) in [6, 6.07) is 6.10. The van der Waals surface area contributed by atoms with E-state index in [1.807, 2.05) is 0 Å². The highest BCUT2D eigenvalue weighted by molar-refractivity contribution is 5.54. The fourth-order valence-corrected chi connectivity index (χ4v) is 0.672. The van der Waals surface area contributed by atoms with Crippen molar-refractivity contribution >= 4 is 17.5 Å². The van der Waals surface area contributed by atoms with Crippen LogP contribution in [-0.2, 0) is 4.79 Å². The van der Waals surface area contributed by atoms with Gasteiger partial charge >= 0.3 is 0 Å². The van der Waals surface area contributed by atoms with E-state index < -0.39 is 0 Å². The third kappa shape index (κ3) is 1.81. The summed E-state index contributed by atoms with van der Waals surface area (Å²) in [4.78, 5) is 23.1. The number of hydrogen-bond donors (Lipinski definition) is 0. The first-order valence-electron chi connectivity index (χ1n) is 2.88. The minimum Gasteiger partial charge on any atom is -0.211 e. The predicted octanol–water partition coefficient (Wildman–Crippen LogP) is 2.05. The molecule has 1 aromatic rings. The molecule has 0 aliphatic heterocycles. The van der Waals surface area contributed by atoms with Crippen LogP contribution < -0.4 is 0 Å². The summed E-state index contributed by atoms with van der Waals surface area (Å²) in [7, 11) is 0. The van der Waals surface area contributed by atoms with Crippen LogP contribution in [0.15, 0.2) is 34.4 Å². The van der Waals surface area contributed by atoms with Gasteiger partial charge in [0.15, 0.2) is 0 Å². The number of nitroso groups, excluding NO2 is 1. The van der Waals surface area contributed by atoms with Gasteiger partial charge in [0.05, 0.1) is 5.69 Å². The molecule has 0 aliphatic rings. The van der Waals surface area contributed by atoms with Gasteiger partial charge in [0, 0.05) is 0 Å². The number of benzene rings is 1. The van der Waals surface area contributed by atoms with E-state index in [1.54, 1.807) is 12.1 Å². The average molecular weight is 148 g/mol. The van der Waals surface area contributed by atoms with Crippen molar-refractivity contribution in [2.24, 2.45) is 10.2 Å². The summed E-state index contributed by atoms with van der Waals surface area (Å²) >= 11 is 0. The smallest absolute Gasteiger partial charge is 0.211 e. The van der Waals surface area contributed by atoms with Crippen LogP contribution in [0.1, 0.15) is 0 Å². The quantitative estimate of drug-likeness (QED) is 0.366. The molecule has 11 heavy (non-hydrogen) atoms. The molecule has 0 saturated carbocycles. The predicted molar refractivity (Wildman–Crippen MR) is 39.7 cm³/mol. The number of rotatable bonds is 2. The Labute approximate surface area is 62.5 Å². The zero-order valence-corrected chi connectivity index (χ0v) is 5.52. The SMILES string of the molecule is O=C=Nc1cccc(N=O)c1. The number of carbonyl (C=O) groups excluding carboxylic acids is 1. The van der Waals surface area contributed by atoms with Gasteiger partial charge in [0.1, 0.15) is 5.69 Å². The summed E-state index contributed by atoms with van der Waals surface area (Å²) < 4.78 is 0. The fraction of sp³-hybridized carbons (Fsp3) is 0. The van der Waals surface area contributed by atoms with E-state index in [0.29, 0.717) is 5.69 Å². The van der Waals surface area contributed by atoms with Crippen LogP contribution in [0.25, 0.3) is 0 Å². The summed E-state index contributed by atoms with van der Waals surface area (Å²) in [5.74, 6) is 0. The lowest BCUT2D eigenvalue weighted by atomic mass is 10.3. The molecule has 0 spiro atoms. The summed E-state index contributed by atoms with van der Waals surface area (Å²) in [6.45, 7) is 0. The molecule has 54 valence electrons. The van der Waals surface area contributed by atoms with Gasteiger partial charge in [-0.25, -0.2) is 4.79 Å². The van der Waals surface area contributed by atoms with Crippen molar-refractivity contribution in [1.82, 2.24) is 0 Å². The topological polar surface area (TPSA) is 58.9 Å². The average Bonchev–Trinajstić information content (AvgIpc) is 2.06. The minimum absolute atomic E-state index is 0.251. The van der Waals surface area contributed by atoms with E-state index in [2.05, 4.69) is 10.2 Å². The van der Waals surface area contributed by atoms with Gasteiger partial charge in [-0.15, -0.1) is 4.91 Å². The second-order valence-corrected chi connectivity index (χ2v) is 1.81. The number of isocyanates is 1. The van der Waals surface area contributed by atoms with Gasteiger partial charge in [-0.1, -0.05) is 6.07 Å². The van der Waals surface area contributed by atoms with Gasteiger partial charge in [0.2, 0.25) is 6.08 Å². The van der Waals surface area contributed by atoms with Crippen LogP contribution in [-0.4, -0.2) is 6.08 Å². The fourth-order valence-electron chi connectivity index (χ4n) is 0.672. The Hall–Kier alpha value is -1.80. The van der Waals surface area contributed by atoms with E-state index in [0.717, 1.165) is 0 Å². The normalized spacial score (nSPS) is 8.36. The maximum atomic E-state index is 9.97. The highest BCUT2D eigenvalue weighted by Gasteiger charge is 1.91. The minimum atomic E-state index is 0.251. The highest BCUT2D eigenvalue weighted by Crippen LogP contribution is 2.18. The zero-order chi connectivity index (χ0) is 8.10. The first-order valence-corrected chi connectivity index (χ1v) is 2.88. The van der Waals surface area contributed by atoms with Crippen LogP contribution >= 0.6 is 0 Å². The number of hydrogen-bond acceptors (Lipinski definition) is 4. The molecule has 0 amide bonds. The Balaban J connectivity index is 3.09. The molecule has 0 N–H and O–H groups in total. The van der Waals surface area contributed by atoms with Crippen LogP contribution in [0.5, 0.6) is 0 Å². The molecular formula is C7H4N2O2. The molecule has 0 heterocycles. The molecule has 0 saturated heterocycles. The lowest BCUT2D eigenvalue weighted by molar-refractivity contribution is 0.565. The Bertz CT molecular complexity index is 316. The molecule has 0 aromatic heterocycles. The molecule has 0 unspecified atom stereocenters. The Kier molecular flexibility index (Phi) is 2.25. The van der Waals surface area contributed by atoms with Gasteiger partial charge in [0.25, 0.3) is 0 Å². The van der Waals surface area contributed by atoms with Crippen LogP contribution in [0.3, 0.4) is 0 Å². The first kappa shape index (κ1) is 7.31. The van der Waals surface area contributed by atoms with Crippen molar-refractivity contribution in [1.29, 1.82) is 0 Å². The molecule has 0 aliphatic carbocycles. The Morgan fingerprint density at radius 2 is 2.00 bits per heavy atom. The molecule has 0 radical (unpaired) electrons. The van der Waals surface area contributed by atoms with Gasteiger partial charge in [-0.2, -0.15) is 4.99 Å². The van der Waals surface area contributed by atoms with Crippen molar-refractivity contribution in [3.63, 3.8) is 0 Å². The van der Waals surface area contributed by atoms with E-state index >= 15 is 0 Å². The van der Waals surface area contributed by atoms with Gasteiger partial charge < -0.3 is 0 Å². The maximum absolute atomic E-state index is 9.97. The lowest BCUT2D eigenvalue weighted by Gasteiger charge is -1.88. The largest absolute Gasteiger partial charge is 0.240 e. The summed E-state index contributed by atoms with van der Waals surface area (Å²) in [5, 5.41) is 2.67. The summed E-state index contributed by atoms with van der Waals surface area (Å²) in [5.41, 5.74) is 0.638. The van der Waals surface area contributed by atoms with Crippen molar-refractivity contribution in [2.45, 2.75) is 0 Å². The van der Waals surface area contributed by atoms with E-state index in [9.17, 15) is 9.70 Å². The standard InChI is InChI=1S/C7H4N2O2/c10-5-8-6-2-1-3-7(4-6)9-11/h1-4H. The second kappa shape index (κ2) is 3.39. The lowest BCUT2D eigenvalue weighted by Crippen LogP contribution is -1.63. The first-order chi connectivity index (χ1) is 5.36. The summed E-state index contributed by atoms with van der Waals surface area (Å²) in [6.07, 6.45) is 1.37. The Morgan fingerprint density at radius 1 is 1.27 bits per heavy atom. The molecule has 1 rings (SSSR count). The van der Waals surface area contributed by atoms with Crippen LogP contribution in [0.2, 0.25) is 0 Å². The second-order valence-electron chi connectivity index (χ2n) is 1.81. The van der Waals surface area contributed by atoms with E-state index in [1.165, 1.54) is 18.2 Å². The molecule has 4 heteroatoms. The molecular weight excluding hydrogens is 144 g/mol. The highest BCUT2D eigenvalue weighted by atomic mass is 16.3. The number of aliphatic imine (C=N–C) groups is 1. The van der Waals surface area contributed by atoms with E-state index in [4.69, 9.17) is 0 Å². The Morgan fingerprint density at radius 3 is 2.64 bits per heavy atom. The maximum Gasteiger partial charge on any atom is 0.240 e. The molecule has 0 fully saturated rings. The van der Waals surface area contributed by atoms with Crippen LogP contribution in [0.4, 0.5) is 11.4 Å². The zero-order valence-electron chi connectivity index (χ0n) is 5.52. The molecule has 0 atom stereocenters. The van der Waals surface area contributed by atoms with Crippen molar-refractivity contribution in [2.75, 3.05) is 0 Å². The van der Waals surface area contributed by atoms with Gasteiger partial charge in [-0.05, 0) is 23.4 Å². The monoisotopic (exact) mass is 148 g/mol.